The van der Waals surface area contributed by atoms with E-state index in [-0.39, 0.29) is 23.4 Å². The second kappa shape index (κ2) is 8.76. The Morgan fingerprint density at radius 2 is 2.07 bits per heavy atom. The quantitative estimate of drug-likeness (QED) is 0.347. The number of fused-ring (bicyclic) bond motifs is 1. The van der Waals surface area contributed by atoms with E-state index in [0.29, 0.717) is 17.5 Å². The first-order valence-corrected chi connectivity index (χ1v) is 14.1. The van der Waals surface area contributed by atoms with Crippen molar-refractivity contribution in [3.05, 3.63) is 34.2 Å². The minimum absolute atomic E-state index is 0.0694. The van der Waals surface area contributed by atoms with Gasteiger partial charge in [-0.15, -0.1) is 0 Å². The number of halogens is 2. The molecule has 1 aliphatic rings. The predicted octanol–water partition coefficient (Wildman–Crippen LogP) is 4.95. The fourth-order valence-corrected chi connectivity index (χ4v) is 4.83. The largest absolute Gasteiger partial charge is 0.464 e. The molecular formula is C21H30ClFN2O3Si. The maximum absolute atomic E-state index is 15.1. The lowest BCUT2D eigenvalue weighted by Gasteiger charge is -2.17. The molecule has 29 heavy (non-hydrogen) atoms. The van der Waals surface area contributed by atoms with Gasteiger partial charge in [-0.3, -0.25) is 0 Å². The summed E-state index contributed by atoms with van der Waals surface area (Å²) in [6.07, 6.45) is 0.971. The molecule has 2 aromatic rings. The number of hydrogen-bond donors (Lipinski definition) is 0. The highest BCUT2D eigenvalue weighted by atomic mass is 35.5. The highest BCUT2D eigenvalue weighted by Gasteiger charge is 2.28. The summed E-state index contributed by atoms with van der Waals surface area (Å²) in [6.45, 7) is 9.31. The summed E-state index contributed by atoms with van der Waals surface area (Å²) in [5.74, 6) is -0.796. The first-order valence-electron chi connectivity index (χ1n) is 9.98. The lowest BCUT2D eigenvalue weighted by Crippen LogP contribution is -2.22. The van der Waals surface area contributed by atoms with Crippen molar-refractivity contribution in [3.63, 3.8) is 0 Å². The third kappa shape index (κ3) is 4.85. The molecule has 0 saturated carbocycles. The zero-order valence-corrected chi connectivity index (χ0v) is 19.6. The van der Waals surface area contributed by atoms with E-state index in [1.807, 2.05) is 0 Å². The van der Waals surface area contributed by atoms with Gasteiger partial charge in [0.1, 0.15) is 12.4 Å². The van der Waals surface area contributed by atoms with Crippen molar-refractivity contribution in [3.8, 4) is 0 Å². The summed E-state index contributed by atoms with van der Waals surface area (Å²) in [6, 6.07) is 4.42. The lowest BCUT2D eigenvalue weighted by atomic mass is 9.95. The van der Waals surface area contributed by atoms with E-state index in [4.69, 9.17) is 21.1 Å². The Labute approximate surface area is 177 Å². The van der Waals surface area contributed by atoms with Gasteiger partial charge in [0, 0.05) is 26.6 Å². The standard InChI is InChI=1S/C21H30ClFN2O3Si/c1-24-7-6-14(12-24)15-10-17(22)19(23)20-16(15)11-18(21(26)27-2)25(20)13-28-8-9-29(3,4)5/h10-11,14H,6-9,12-13H2,1-5H3. The van der Waals surface area contributed by atoms with Crippen molar-refractivity contribution >= 4 is 36.5 Å². The molecular weight excluding hydrogens is 411 g/mol. The van der Waals surface area contributed by atoms with Crippen LogP contribution in [0.25, 0.3) is 10.9 Å². The Balaban J connectivity index is 2.05. The first-order chi connectivity index (χ1) is 13.6. The molecule has 0 N–H and O–H groups in total. The average Bonchev–Trinajstić information content (AvgIpc) is 3.24. The minimum Gasteiger partial charge on any atom is -0.464 e. The topological polar surface area (TPSA) is 43.7 Å². The summed E-state index contributed by atoms with van der Waals surface area (Å²) < 4.78 is 27.5. The van der Waals surface area contributed by atoms with Gasteiger partial charge < -0.3 is 18.9 Å². The molecule has 1 unspecified atom stereocenters. The van der Waals surface area contributed by atoms with Crippen LogP contribution in [0.4, 0.5) is 4.39 Å². The van der Waals surface area contributed by atoms with Gasteiger partial charge in [0.25, 0.3) is 0 Å². The number of rotatable bonds is 7. The smallest absolute Gasteiger partial charge is 0.354 e. The summed E-state index contributed by atoms with van der Waals surface area (Å²) in [7, 11) is 2.14. The Morgan fingerprint density at radius 1 is 1.34 bits per heavy atom. The van der Waals surface area contributed by atoms with Gasteiger partial charge in [-0.2, -0.15) is 0 Å². The van der Waals surface area contributed by atoms with Crippen molar-refractivity contribution in [1.82, 2.24) is 9.47 Å². The zero-order valence-electron chi connectivity index (χ0n) is 17.8. The molecule has 0 bridgehead atoms. The van der Waals surface area contributed by atoms with Crippen molar-refractivity contribution in [2.24, 2.45) is 0 Å². The van der Waals surface area contributed by atoms with E-state index in [9.17, 15) is 4.79 Å². The van der Waals surface area contributed by atoms with Crippen LogP contribution in [0.15, 0.2) is 12.1 Å². The van der Waals surface area contributed by atoms with Crippen molar-refractivity contribution in [2.75, 3.05) is 33.9 Å². The van der Waals surface area contributed by atoms with E-state index in [2.05, 4.69) is 31.6 Å². The van der Waals surface area contributed by atoms with Crippen LogP contribution in [0.2, 0.25) is 30.7 Å². The molecule has 0 spiro atoms. The highest BCUT2D eigenvalue weighted by Crippen LogP contribution is 2.38. The van der Waals surface area contributed by atoms with E-state index >= 15 is 4.39 Å². The van der Waals surface area contributed by atoms with Crippen molar-refractivity contribution < 1.29 is 18.7 Å². The Bertz CT molecular complexity index is 910. The molecule has 1 aromatic carbocycles. The van der Waals surface area contributed by atoms with Crippen molar-refractivity contribution in [1.29, 1.82) is 0 Å². The molecule has 1 aromatic heterocycles. The van der Waals surface area contributed by atoms with E-state index < -0.39 is 19.9 Å². The number of likely N-dealkylation sites (tertiary alicyclic amines) is 1. The number of carbonyl (C=O) groups is 1. The normalized spacial score (nSPS) is 18.0. The number of methoxy groups -OCH3 is 1. The first kappa shape index (κ1) is 22.3. The molecule has 1 aliphatic heterocycles. The van der Waals surface area contributed by atoms with Gasteiger partial charge in [-0.1, -0.05) is 31.2 Å². The fraction of sp³-hybridized carbons (Fsp3) is 0.571. The number of carbonyl (C=O) groups excluding carboxylic acids is 1. The van der Waals surface area contributed by atoms with Gasteiger partial charge in [0.05, 0.1) is 17.6 Å². The predicted molar refractivity (Wildman–Crippen MR) is 117 cm³/mol. The molecule has 1 atom stereocenters. The zero-order chi connectivity index (χ0) is 21.3. The Morgan fingerprint density at radius 3 is 2.66 bits per heavy atom. The van der Waals surface area contributed by atoms with Crippen LogP contribution in [-0.4, -0.2) is 57.4 Å². The SMILES string of the molecule is COC(=O)c1cc2c(C3CCN(C)C3)cc(Cl)c(F)c2n1COCC[Si](C)(C)C. The third-order valence-corrected chi connectivity index (χ3v) is 7.53. The average molecular weight is 441 g/mol. The number of hydrogen-bond acceptors (Lipinski definition) is 4. The number of esters is 1. The van der Waals surface area contributed by atoms with Crippen LogP contribution in [0, 0.1) is 5.82 Å². The molecule has 0 radical (unpaired) electrons. The molecule has 0 aliphatic carbocycles. The van der Waals surface area contributed by atoms with E-state index in [1.165, 1.54) is 7.11 Å². The Kier molecular flexibility index (Phi) is 6.73. The number of nitrogens with zero attached hydrogens (tertiary/aromatic N) is 2. The van der Waals surface area contributed by atoms with Crippen LogP contribution >= 0.6 is 11.6 Å². The lowest BCUT2D eigenvalue weighted by molar-refractivity contribution is 0.0545. The number of aromatic nitrogens is 1. The van der Waals surface area contributed by atoms with Crippen molar-refractivity contribution in [2.45, 2.75) is 44.8 Å². The summed E-state index contributed by atoms with van der Waals surface area (Å²) in [4.78, 5) is 14.7. The highest BCUT2D eigenvalue weighted by molar-refractivity contribution is 6.76. The molecule has 0 amide bonds. The summed E-state index contributed by atoms with van der Waals surface area (Å²) in [5, 5.41) is 0.779. The maximum atomic E-state index is 15.1. The molecule has 160 valence electrons. The molecule has 5 nitrogen and oxygen atoms in total. The fourth-order valence-electron chi connectivity index (χ4n) is 3.86. The molecule has 8 heteroatoms. The molecule has 1 saturated heterocycles. The van der Waals surface area contributed by atoms with Crippen LogP contribution in [-0.2, 0) is 16.2 Å². The molecule has 3 rings (SSSR count). The van der Waals surface area contributed by atoms with Crippen LogP contribution in [0.5, 0.6) is 0 Å². The van der Waals surface area contributed by atoms with Gasteiger partial charge in [-0.05, 0) is 49.7 Å². The van der Waals surface area contributed by atoms with Gasteiger partial charge in [0.2, 0.25) is 0 Å². The third-order valence-electron chi connectivity index (χ3n) is 5.55. The maximum Gasteiger partial charge on any atom is 0.354 e. The second-order valence-electron chi connectivity index (χ2n) is 9.07. The number of benzene rings is 1. The number of ether oxygens (including phenoxy) is 2. The van der Waals surface area contributed by atoms with Crippen LogP contribution in [0.1, 0.15) is 28.4 Å². The Hall–Kier alpha value is -1.41. The van der Waals surface area contributed by atoms with Crippen LogP contribution in [0.3, 0.4) is 0 Å². The minimum atomic E-state index is -1.25. The van der Waals surface area contributed by atoms with Gasteiger partial charge >= 0.3 is 5.97 Å². The summed E-state index contributed by atoms with van der Waals surface area (Å²) >= 11 is 6.27. The summed E-state index contributed by atoms with van der Waals surface area (Å²) in [5.41, 5.74) is 1.57. The van der Waals surface area contributed by atoms with Gasteiger partial charge in [-0.25, -0.2) is 9.18 Å². The van der Waals surface area contributed by atoms with Crippen LogP contribution < -0.4 is 0 Å². The second-order valence-corrected chi connectivity index (χ2v) is 15.1. The molecule has 2 heterocycles. The van der Waals surface area contributed by atoms with E-state index in [1.54, 1.807) is 16.7 Å². The van der Waals surface area contributed by atoms with E-state index in [0.717, 1.165) is 31.1 Å². The number of likely N-dealkylation sites (N-methyl/N-ethyl adjacent to an activating group) is 1. The molecule has 1 fully saturated rings. The van der Waals surface area contributed by atoms with Gasteiger partial charge in [0.15, 0.2) is 5.82 Å². The monoisotopic (exact) mass is 440 g/mol.